The van der Waals surface area contributed by atoms with Crippen LogP contribution < -0.4 is 0 Å². The summed E-state index contributed by atoms with van der Waals surface area (Å²) in [6, 6.07) is 8.93. The van der Waals surface area contributed by atoms with Crippen LogP contribution in [0.4, 0.5) is 0 Å². The van der Waals surface area contributed by atoms with Crippen molar-refractivity contribution in [1.82, 2.24) is 0 Å². The van der Waals surface area contributed by atoms with Crippen LogP contribution in [0.1, 0.15) is 50.7 Å². The summed E-state index contributed by atoms with van der Waals surface area (Å²) in [6.45, 7) is 6.85. The van der Waals surface area contributed by atoms with Gasteiger partial charge in [-0.05, 0) is 42.2 Å². The Morgan fingerprint density at radius 2 is 1.69 bits per heavy atom. The van der Waals surface area contributed by atoms with Gasteiger partial charge in [-0.3, -0.25) is 0 Å². The first-order valence-electron chi connectivity index (χ1n) is 6.33. The van der Waals surface area contributed by atoms with Crippen LogP contribution in [0.3, 0.4) is 0 Å². The summed E-state index contributed by atoms with van der Waals surface area (Å²) in [7, 11) is 0. The van der Waals surface area contributed by atoms with Crippen molar-refractivity contribution in [2.75, 3.05) is 6.61 Å². The Balaban J connectivity index is 2.38. The lowest BCUT2D eigenvalue weighted by Crippen LogP contribution is -2.01. The van der Waals surface area contributed by atoms with Gasteiger partial charge < -0.3 is 5.11 Å². The fourth-order valence-electron chi connectivity index (χ4n) is 1.82. The van der Waals surface area contributed by atoms with E-state index in [0.29, 0.717) is 18.4 Å². The van der Waals surface area contributed by atoms with E-state index in [1.54, 1.807) is 0 Å². The molecule has 0 saturated heterocycles. The molecule has 1 heteroatoms. The highest BCUT2D eigenvalue weighted by Gasteiger charge is 2.01. The maximum absolute atomic E-state index is 8.93. The van der Waals surface area contributed by atoms with Crippen LogP contribution in [0.25, 0.3) is 0 Å². The topological polar surface area (TPSA) is 20.2 Å². The van der Waals surface area contributed by atoms with E-state index in [4.69, 9.17) is 5.11 Å². The lowest BCUT2D eigenvalue weighted by atomic mass is 9.98. The number of aryl methyl sites for hydroxylation is 1. The Morgan fingerprint density at radius 3 is 2.19 bits per heavy atom. The van der Waals surface area contributed by atoms with E-state index in [1.807, 2.05) is 0 Å². The van der Waals surface area contributed by atoms with Crippen molar-refractivity contribution in [2.45, 2.75) is 46.0 Å². The van der Waals surface area contributed by atoms with Gasteiger partial charge in [-0.15, -0.1) is 0 Å². The summed E-state index contributed by atoms with van der Waals surface area (Å²) >= 11 is 0. The minimum atomic E-state index is 0.312. The smallest absolute Gasteiger partial charge is 0.0456 e. The van der Waals surface area contributed by atoms with Crippen LogP contribution in [0, 0.1) is 5.92 Å². The SMILES string of the molecule is CC(CO)CCCc1ccc(C(C)C)cc1. The first-order valence-corrected chi connectivity index (χ1v) is 6.33. The molecule has 1 aromatic carbocycles. The molecule has 0 fully saturated rings. The van der Waals surface area contributed by atoms with E-state index in [2.05, 4.69) is 45.0 Å². The quantitative estimate of drug-likeness (QED) is 0.774. The molecule has 0 heterocycles. The average Bonchev–Trinajstić information content (AvgIpc) is 2.29. The average molecular weight is 220 g/mol. The van der Waals surface area contributed by atoms with Crippen LogP contribution >= 0.6 is 0 Å². The van der Waals surface area contributed by atoms with Crippen molar-refractivity contribution in [3.05, 3.63) is 35.4 Å². The highest BCUT2D eigenvalue weighted by atomic mass is 16.3. The Kier molecular flexibility index (Phi) is 5.54. The second-order valence-corrected chi connectivity index (χ2v) is 5.08. The summed E-state index contributed by atoms with van der Waals surface area (Å²) in [4.78, 5) is 0. The number of hydrogen-bond acceptors (Lipinski definition) is 1. The van der Waals surface area contributed by atoms with Gasteiger partial charge in [0.05, 0.1) is 0 Å². The van der Waals surface area contributed by atoms with E-state index in [-0.39, 0.29) is 0 Å². The number of aliphatic hydroxyl groups is 1. The third kappa shape index (κ3) is 4.36. The van der Waals surface area contributed by atoms with Crippen molar-refractivity contribution in [3.63, 3.8) is 0 Å². The van der Waals surface area contributed by atoms with Crippen molar-refractivity contribution in [3.8, 4) is 0 Å². The van der Waals surface area contributed by atoms with Crippen LogP contribution in [0.15, 0.2) is 24.3 Å². The molecule has 0 radical (unpaired) electrons. The number of rotatable bonds is 6. The van der Waals surface area contributed by atoms with Crippen molar-refractivity contribution in [1.29, 1.82) is 0 Å². The molecule has 16 heavy (non-hydrogen) atoms. The zero-order chi connectivity index (χ0) is 12.0. The summed E-state index contributed by atoms with van der Waals surface area (Å²) in [5, 5.41) is 8.93. The van der Waals surface area contributed by atoms with Crippen molar-refractivity contribution >= 4 is 0 Å². The van der Waals surface area contributed by atoms with Gasteiger partial charge in [0, 0.05) is 6.61 Å². The first-order chi connectivity index (χ1) is 7.63. The van der Waals surface area contributed by atoms with Gasteiger partial charge >= 0.3 is 0 Å². The first kappa shape index (κ1) is 13.2. The van der Waals surface area contributed by atoms with Crippen LogP contribution in [0.2, 0.25) is 0 Å². The molecule has 1 atom stereocenters. The van der Waals surface area contributed by atoms with Crippen molar-refractivity contribution < 1.29 is 5.11 Å². The Morgan fingerprint density at radius 1 is 1.06 bits per heavy atom. The van der Waals surface area contributed by atoms with Crippen molar-refractivity contribution in [2.24, 2.45) is 5.92 Å². The molecule has 0 aliphatic heterocycles. The van der Waals surface area contributed by atoms with Crippen LogP contribution in [-0.4, -0.2) is 11.7 Å². The molecule has 0 aliphatic carbocycles. The highest BCUT2D eigenvalue weighted by molar-refractivity contribution is 5.24. The molecule has 1 nitrogen and oxygen atoms in total. The molecule has 0 spiro atoms. The predicted octanol–water partition coefficient (Wildman–Crippen LogP) is 3.76. The molecule has 1 rings (SSSR count). The fraction of sp³-hybridized carbons (Fsp3) is 0.600. The number of aliphatic hydroxyl groups excluding tert-OH is 1. The highest BCUT2D eigenvalue weighted by Crippen LogP contribution is 2.16. The van der Waals surface area contributed by atoms with Gasteiger partial charge in [-0.1, -0.05) is 45.0 Å². The van der Waals surface area contributed by atoms with E-state index in [0.717, 1.165) is 12.8 Å². The van der Waals surface area contributed by atoms with Crippen LogP contribution in [-0.2, 0) is 6.42 Å². The molecule has 0 saturated carbocycles. The monoisotopic (exact) mass is 220 g/mol. The minimum absolute atomic E-state index is 0.312. The lowest BCUT2D eigenvalue weighted by molar-refractivity contribution is 0.228. The summed E-state index contributed by atoms with van der Waals surface area (Å²) < 4.78 is 0. The maximum atomic E-state index is 8.93. The second-order valence-electron chi connectivity index (χ2n) is 5.08. The third-order valence-electron chi connectivity index (χ3n) is 3.12. The van der Waals surface area contributed by atoms with E-state index < -0.39 is 0 Å². The molecule has 1 unspecified atom stereocenters. The normalized spacial score (nSPS) is 13.1. The third-order valence-corrected chi connectivity index (χ3v) is 3.12. The molecule has 0 aliphatic rings. The van der Waals surface area contributed by atoms with E-state index >= 15 is 0 Å². The van der Waals surface area contributed by atoms with Gasteiger partial charge in [-0.25, -0.2) is 0 Å². The lowest BCUT2D eigenvalue weighted by Gasteiger charge is -2.09. The molecule has 90 valence electrons. The summed E-state index contributed by atoms with van der Waals surface area (Å²) in [6.07, 6.45) is 3.41. The molecule has 0 aromatic heterocycles. The molecule has 0 amide bonds. The van der Waals surface area contributed by atoms with Gasteiger partial charge in [0.25, 0.3) is 0 Å². The Labute approximate surface area is 99.5 Å². The molecular formula is C15H24O. The summed E-state index contributed by atoms with van der Waals surface area (Å²) in [5.41, 5.74) is 2.82. The van der Waals surface area contributed by atoms with Gasteiger partial charge in [0.2, 0.25) is 0 Å². The van der Waals surface area contributed by atoms with Gasteiger partial charge in [-0.2, -0.15) is 0 Å². The van der Waals surface area contributed by atoms with E-state index in [9.17, 15) is 0 Å². The Hall–Kier alpha value is -0.820. The predicted molar refractivity (Wildman–Crippen MR) is 69.7 cm³/mol. The van der Waals surface area contributed by atoms with E-state index in [1.165, 1.54) is 17.5 Å². The zero-order valence-electron chi connectivity index (χ0n) is 10.7. The van der Waals surface area contributed by atoms with Gasteiger partial charge in [0.1, 0.15) is 0 Å². The van der Waals surface area contributed by atoms with Crippen LogP contribution in [0.5, 0.6) is 0 Å². The number of benzene rings is 1. The largest absolute Gasteiger partial charge is 0.396 e. The standard InChI is InChI=1S/C15H24O/c1-12(2)15-9-7-14(8-10-15)6-4-5-13(3)11-16/h7-10,12-13,16H,4-6,11H2,1-3H3. The fourth-order valence-corrected chi connectivity index (χ4v) is 1.82. The number of hydrogen-bond donors (Lipinski definition) is 1. The van der Waals surface area contributed by atoms with Gasteiger partial charge in [0.15, 0.2) is 0 Å². The second kappa shape index (κ2) is 6.70. The zero-order valence-corrected chi connectivity index (χ0v) is 10.7. The Bertz CT molecular complexity index is 287. The molecule has 1 aromatic rings. The summed E-state index contributed by atoms with van der Waals surface area (Å²) in [5.74, 6) is 1.05. The molecule has 0 bridgehead atoms. The minimum Gasteiger partial charge on any atom is -0.396 e. The maximum Gasteiger partial charge on any atom is 0.0456 e. The molecule has 1 N–H and O–H groups in total. The molecular weight excluding hydrogens is 196 g/mol.